The number of pyridine rings is 1. The lowest BCUT2D eigenvalue weighted by molar-refractivity contribution is -0.268. The Morgan fingerprint density at radius 2 is 1.65 bits per heavy atom. The lowest BCUT2D eigenvalue weighted by Crippen LogP contribution is -2.38. The summed E-state index contributed by atoms with van der Waals surface area (Å²) in [5, 5.41) is 13.1. The second kappa shape index (κ2) is 14.4. The fourth-order valence-electron chi connectivity index (χ4n) is 4.92. The Hall–Kier alpha value is -2.62. The first kappa shape index (κ1) is 31.8. The zero-order valence-corrected chi connectivity index (χ0v) is 26.4. The largest absolute Gasteiger partial charge is 0.392 e. The quantitative estimate of drug-likeness (QED) is 0.141. The topological polar surface area (TPSA) is 80.7 Å². The highest BCUT2D eigenvalue weighted by Gasteiger charge is 2.38. The van der Waals surface area contributed by atoms with Crippen molar-refractivity contribution in [3.8, 4) is 11.1 Å². The van der Waals surface area contributed by atoms with E-state index in [4.69, 9.17) is 44.3 Å². The highest BCUT2D eigenvalue weighted by Crippen LogP contribution is 2.43. The van der Waals surface area contributed by atoms with E-state index in [0.717, 1.165) is 38.4 Å². The lowest BCUT2D eigenvalue weighted by Gasteiger charge is -2.41. The first-order valence-electron chi connectivity index (χ1n) is 13.8. The van der Waals surface area contributed by atoms with E-state index in [1.54, 1.807) is 18.0 Å². The van der Waals surface area contributed by atoms with Crippen molar-refractivity contribution in [1.82, 2.24) is 10.3 Å². The van der Waals surface area contributed by atoms with Gasteiger partial charge in [-0.05, 0) is 52.1 Å². The number of amides is 1. The molecule has 4 atom stereocenters. The molecule has 0 bridgehead atoms. The molecule has 224 valence electrons. The molecule has 3 aromatic carbocycles. The number of halogens is 3. The van der Waals surface area contributed by atoms with Crippen molar-refractivity contribution in [2.24, 2.45) is 5.92 Å². The second-order valence-corrected chi connectivity index (χ2v) is 13.6. The van der Waals surface area contributed by atoms with E-state index in [1.165, 1.54) is 0 Å². The van der Waals surface area contributed by atoms with Gasteiger partial charge >= 0.3 is 0 Å². The number of rotatable bonds is 9. The number of nitrogens with zero attached hydrogens (tertiary/aromatic N) is 1. The molecule has 5 rings (SSSR count). The normalized spacial score (nSPS) is 20.5. The van der Waals surface area contributed by atoms with Crippen LogP contribution < -0.4 is 5.32 Å². The molecule has 1 aromatic heterocycles. The monoisotopic (exact) mass is 656 g/mol. The molecule has 1 fully saturated rings. The third-order valence-electron chi connectivity index (χ3n) is 7.29. The molecule has 1 aliphatic rings. The molecule has 0 saturated carbocycles. The third-order valence-corrected chi connectivity index (χ3v) is 8.83. The highest BCUT2D eigenvalue weighted by molar-refractivity contribution is 7.99. The molecule has 1 saturated heterocycles. The summed E-state index contributed by atoms with van der Waals surface area (Å²) in [6, 6.07) is 29.6. The van der Waals surface area contributed by atoms with Crippen molar-refractivity contribution < 1.29 is 19.4 Å². The molecule has 1 amide bonds. The van der Waals surface area contributed by atoms with Crippen LogP contribution in [0.5, 0.6) is 0 Å². The number of hydrogen-bond donors (Lipinski definition) is 2. The van der Waals surface area contributed by atoms with Crippen molar-refractivity contribution in [3.63, 3.8) is 0 Å². The van der Waals surface area contributed by atoms with Gasteiger partial charge in [-0.1, -0.05) is 108 Å². The minimum atomic E-state index is -2.02. The van der Waals surface area contributed by atoms with Gasteiger partial charge in [0, 0.05) is 30.0 Å². The average molecular weight is 658 g/mol. The molecule has 0 aliphatic carbocycles. The molecule has 43 heavy (non-hydrogen) atoms. The Balaban J connectivity index is 1.38. The summed E-state index contributed by atoms with van der Waals surface area (Å²) < 4.78 is 11.2. The minimum Gasteiger partial charge on any atom is -0.392 e. The van der Waals surface area contributed by atoms with Crippen LogP contribution in [-0.2, 0) is 27.4 Å². The first-order chi connectivity index (χ1) is 20.7. The molecule has 4 unspecified atom stereocenters. The van der Waals surface area contributed by atoms with Crippen LogP contribution in [0.1, 0.15) is 41.6 Å². The Morgan fingerprint density at radius 1 is 0.907 bits per heavy atom. The van der Waals surface area contributed by atoms with Crippen molar-refractivity contribution in [3.05, 3.63) is 119 Å². The maximum absolute atomic E-state index is 12.0. The summed E-state index contributed by atoms with van der Waals surface area (Å²) in [4.78, 5) is 16.5. The fourth-order valence-corrected chi connectivity index (χ4v) is 6.15. The Morgan fingerprint density at radius 3 is 2.35 bits per heavy atom. The van der Waals surface area contributed by atoms with Gasteiger partial charge in [-0.3, -0.25) is 4.79 Å². The molecule has 0 spiro atoms. The average Bonchev–Trinajstić information content (AvgIpc) is 3.03. The van der Waals surface area contributed by atoms with Gasteiger partial charge in [0.15, 0.2) is 6.29 Å². The van der Waals surface area contributed by atoms with E-state index < -0.39 is 16.0 Å². The van der Waals surface area contributed by atoms with Crippen LogP contribution in [-0.4, -0.2) is 31.6 Å². The van der Waals surface area contributed by atoms with E-state index in [-0.39, 0.29) is 31.3 Å². The number of benzene rings is 3. The van der Waals surface area contributed by atoms with E-state index in [2.05, 4.69) is 23.3 Å². The number of aliphatic hydroxyl groups excluding tert-OH is 1. The van der Waals surface area contributed by atoms with E-state index in [0.29, 0.717) is 5.75 Å². The van der Waals surface area contributed by atoms with Crippen molar-refractivity contribution in [2.75, 3.05) is 5.75 Å². The fraction of sp³-hybridized carbons (Fsp3) is 0.273. The number of nitrogens with one attached hydrogen (secondary N) is 1. The maximum Gasteiger partial charge on any atom is 0.272 e. The van der Waals surface area contributed by atoms with Gasteiger partial charge in [0.2, 0.25) is 0 Å². The number of alkyl halides is 3. The summed E-state index contributed by atoms with van der Waals surface area (Å²) >= 11 is 18.7. The van der Waals surface area contributed by atoms with Crippen molar-refractivity contribution in [2.45, 2.75) is 47.4 Å². The third kappa shape index (κ3) is 8.31. The number of ether oxygens (including phenoxy) is 2. The summed E-state index contributed by atoms with van der Waals surface area (Å²) in [5.74, 6) is 0.0996. The molecule has 2 N–H and O–H groups in total. The summed E-state index contributed by atoms with van der Waals surface area (Å²) in [5.41, 5.74) is 5.58. The van der Waals surface area contributed by atoms with Crippen LogP contribution in [0.3, 0.4) is 0 Å². The van der Waals surface area contributed by atoms with Crippen LogP contribution in [0, 0.1) is 5.92 Å². The molecule has 10 heteroatoms. The SMILES string of the molecule is CC1C(CSc2ccccn2)OC(c2cccc(-c3cccc(CNC(=O)C(Cl)(Cl)Cl)c3)c2)OC1c1ccc(CO)cc1. The number of aliphatic hydroxyl groups is 1. The van der Waals surface area contributed by atoms with Gasteiger partial charge in [-0.2, -0.15) is 0 Å². The molecule has 4 aromatic rings. The Labute approximate surface area is 270 Å². The van der Waals surface area contributed by atoms with Crippen LogP contribution in [0.25, 0.3) is 11.1 Å². The summed E-state index contributed by atoms with van der Waals surface area (Å²) in [6.07, 6.45) is 0.871. The van der Waals surface area contributed by atoms with Gasteiger partial charge in [0.1, 0.15) is 0 Å². The second-order valence-electron chi connectivity index (χ2n) is 10.3. The predicted molar refractivity (Wildman–Crippen MR) is 172 cm³/mol. The standard InChI is InChI=1S/C33H31Cl3N2O4S/c1-21-28(20-43-29-10-2-3-15-37-29)41-31(42-30(21)24-13-11-22(19-39)12-14-24)27-9-5-8-26(17-27)25-7-4-6-23(16-25)18-38-32(40)33(34,35)36/h2-17,21,28,30-31,39H,18-20H2,1H3,(H,38,40). The first-order valence-corrected chi connectivity index (χ1v) is 15.9. The Kier molecular flexibility index (Phi) is 10.7. The molecular formula is C33H31Cl3N2O4S. The molecule has 2 heterocycles. The predicted octanol–water partition coefficient (Wildman–Crippen LogP) is 7.81. The zero-order valence-electron chi connectivity index (χ0n) is 23.3. The number of hydrogen-bond acceptors (Lipinski definition) is 6. The van der Waals surface area contributed by atoms with Crippen LogP contribution >= 0.6 is 46.6 Å². The van der Waals surface area contributed by atoms with Gasteiger partial charge in [-0.25, -0.2) is 4.98 Å². The number of carbonyl (C=O) groups excluding carboxylic acids is 1. The zero-order chi connectivity index (χ0) is 30.4. The molecule has 1 aliphatic heterocycles. The van der Waals surface area contributed by atoms with E-state index in [9.17, 15) is 9.90 Å². The van der Waals surface area contributed by atoms with Gasteiger partial charge in [0.25, 0.3) is 9.70 Å². The lowest BCUT2D eigenvalue weighted by atomic mass is 9.91. The summed E-state index contributed by atoms with van der Waals surface area (Å²) in [7, 11) is 0. The van der Waals surface area contributed by atoms with Crippen LogP contribution in [0.4, 0.5) is 0 Å². The smallest absolute Gasteiger partial charge is 0.272 e. The Bertz CT molecular complexity index is 1520. The molecular weight excluding hydrogens is 627 g/mol. The molecule has 0 radical (unpaired) electrons. The van der Waals surface area contributed by atoms with Gasteiger partial charge in [0.05, 0.1) is 23.8 Å². The van der Waals surface area contributed by atoms with Crippen LogP contribution in [0.15, 0.2) is 102 Å². The van der Waals surface area contributed by atoms with Gasteiger partial charge in [-0.15, -0.1) is 11.8 Å². The number of aromatic nitrogens is 1. The van der Waals surface area contributed by atoms with Gasteiger partial charge < -0.3 is 19.9 Å². The maximum atomic E-state index is 12.0. The van der Waals surface area contributed by atoms with Crippen molar-refractivity contribution in [1.29, 1.82) is 0 Å². The van der Waals surface area contributed by atoms with E-state index in [1.807, 2.05) is 84.9 Å². The van der Waals surface area contributed by atoms with Crippen molar-refractivity contribution >= 4 is 52.5 Å². The number of thioether (sulfide) groups is 1. The minimum absolute atomic E-state index is 0.0102. The number of carbonyl (C=O) groups is 1. The highest BCUT2D eigenvalue weighted by atomic mass is 35.6. The summed E-state index contributed by atoms with van der Waals surface area (Å²) in [6.45, 7) is 2.36. The molecule has 6 nitrogen and oxygen atoms in total. The van der Waals surface area contributed by atoms with E-state index >= 15 is 0 Å². The van der Waals surface area contributed by atoms with Crippen LogP contribution in [0.2, 0.25) is 0 Å².